The normalized spacial score (nSPS) is 31.0. The van der Waals surface area contributed by atoms with Gasteiger partial charge in [-0.3, -0.25) is 19.4 Å². The highest BCUT2D eigenvalue weighted by atomic mass is 32.2. The first-order chi connectivity index (χ1) is 20.5. The van der Waals surface area contributed by atoms with Crippen LogP contribution in [0.1, 0.15) is 64.6 Å². The molecule has 2 saturated heterocycles. The first-order valence-corrected chi connectivity index (χ1v) is 15.7. The molecule has 0 saturated carbocycles. The Morgan fingerprint density at radius 3 is 2.60 bits per heavy atom. The molecule has 0 aliphatic carbocycles. The molecule has 11 nitrogen and oxygen atoms in total. The summed E-state index contributed by atoms with van der Waals surface area (Å²) >= 11 is 1.54. The maximum Gasteiger partial charge on any atom is 0.323 e. The molecule has 43 heavy (non-hydrogen) atoms. The van der Waals surface area contributed by atoms with Crippen molar-refractivity contribution in [1.29, 1.82) is 0 Å². The minimum Gasteiger partial charge on any atom is -0.504 e. The highest BCUT2D eigenvalue weighted by molar-refractivity contribution is 7.99. The lowest BCUT2D eigenvalue weighted by molar-refractivity contribution is -0.151. The predicted octanol–water partition coefficient (Wildman–Crippen LogP) is 3.06. The van der Waals surface area contributed by atoms with E-state index in [1.807, 2.05) is 13.8 Å². The number of esters is 2. The van der Waals surface area contributed by atoms with Crippen LogP contribution >= 0.6 is 11.8 Å². The Hall–Kier alpha value is -3.19. The van der Waals surface area contributed by atoms with E-state index >= 15 is 0 Å². The van der Waals surface area contributed by atoms with Crippen LogP contribution in [0.3, 0.4) is 0 Å². The molecule has 4 bridgehead atoms. The summed E-state index contributed by atoms with van der Waals surface area (Å²) in [6, 6.07) is 0.515. The Morgan fingerprint density at radius 2 is 1.88 bits per heavy atom. The molecule has 12 heteroatoms. The third-order valence-electron chi connectivity index (χ3n) is 9.90. The SMILES string of the molecule is COc1c(C)cc2c(c1O)[C@H]1C3[C@@H]4SCC(N)C(=O)OC[C@@H](c5c6c(c(C)c(OC(C)=O)c54)OCO6)N3[C@@H](C)[C@@H](C2)N1C. The largest absolute Gasteiger partial charge is 0.504 e. The van der Waals surface area contributed by atoms with Crippen molar-refractivity contribution in [3.63, 3.8) is 0 Å². The first kappa shape index (κ1) is 28.6. The van der Waals surface area contributed by atoms with E-state index in [-0.39, 0.29) is 54.3 Å². The van der Waals surface area contributed by atoms with Gasteiger partial charge >= 0.3 is 11.9 Å². The van der Waals surface area contributed by atoms with E-state index in [1.54, 1.807) is 18.9 Å². The number of phenolic OH excluding ortho intramolecular Hbond substituents is 1. The number of benzene rings is 2. The molecule has 7 rings (SSSR count). The lowest BCUT2D eigenvalue weighted by Gasteiger charge is -2.62. The lowest BCUT2D eigenvalue weighted by Crippen LogP contribution is -2.68. The number of hydrogen-bond acceptors (Lipinski definition) is 12. The summed E-state index contributed by atoms with van der Waals surface area (Å²) in [5, 5.41) is 11.4. The van der Waals surface area contributed by atoms with Crippen molar-refractivity contribution < 1.29 is 38.4 Å². The van der Waals surface area contributed by atoms with Crippen molar-refractivity contribution in [1.82, 2.24) is 9.80 Å². The fraction of sp³-hybridized carbons (Fsp3) is 0.548. The van der Waals surface area contributed by atoms with E-state index < -0.39 is 24.0 Å². The van der Waals surface area contributed by atoms with Gasteiger partial charge in [0.15, 0.2) is 23.0 Å². The minimum atomic E-state index is -0.824. The van der Waals surface area contributed by atoms with Crippen LogP contribution in [0.25, 0.3) is 0 Å². The minimum absolute atomic E-state index is 0.0217. The average Bonchev–Trinajstić information content (AvgIpc) is 3.45. The fourth-order valence-corrected chi connectivity index (χ4v) is 9.62. The molecule has 0 spiro atoms. The predicted molar refractivity (Wildman–Crippen MR) is 158 cm³/mol. The van der Waals surface area contributed by atoms with Crippen LogP contribution in [0.15, 0.2) is 6.07 Å². The molecular weight excluding hydrogens is 574 g/mol. The number of nitrogens with two attached hydrogens (primary N) is 1. The quantitative estimate of drug-likeness (QED) is 0.382. The molecule has 7 atom stereocenters. The zero-order valence-corrected chi connectivity index (χ0v) is 25.9. The third kappa shape index (κ3) is 3.99. The second-order valence-electron chi connectivity index (χ2n) is 12.2. The number of rotatable bonds is 2. The number of likely N-dealkylation sites (N-methyl/N-ethyl adjacent to an activating group) is 1. The van der Waals surface area contributed by atoms with E-state index in [0.29, 0.717) is 28.6 Å². The van der Waals surface area contributed by atoms with Crippen molar-refractivity contribution in [2.24, 2.45) is 5.73 Å². The molecule has 0 amide bonds. The van der Waals surface area contributed by atoms with Crippen molar-refractivity contribution in [3.8, 4) is 28.7 Å². The Labute approximate surface area is 254 Å². The molecule has 0 radical (unpaired) electrons. The zero-order valence-electron chi connectivity index (χ0n) is 25.1. The molecule has 230 valence electrons. The van der Waals surface area contributed by atoms with Gasteiger partial charge in [0.05, 0.1) is 24.4 Å². The molecule has 2 aromatic rings. The van der Waals surface area contributed by atoms with E-state index in [1.165, 1.54) is 6.92 Å². The summed E-state index contributed by atoms with van der Waals surface area (Å²) < 4.78 is 29.6. The highest BCUT2D eigenvalue weighted by Crippen LogP contribution is 2.64. The van der Waals surface area contributed by atoms with Crippen LogP contribution in [0, 0.1) is 13.8 Å². The third-order valence-corrected chi connectivity index (χ3v) is 11.3. The number of piperazine rings is 1. The molecule has 5 aliphatic rings. The van der Waals surface area contributed by atoms with Gasteiger partial charge in [-0.25, -0.2) is 0 Å². The number of cyclic esters (lactones) is 1. The van der Waals surface area contributed by atoms with Crippen LogP contribution in [0.5, 0.6) is 28.7 Å². The van der Waals surface area contributed by atoms with Crippen LogP contribution in [0.4, 0.5) is 0 Å². The van der Waals surface area contributed by atoms with Crippen molar-refractivity contribution in [3.05, 3.63) is 39.4 Å². The first-order valence-electron chi connectivity index (χ1n) is 14.6. The smallest absolute Gasteiger partial charge is 0.323 e. The maximum absolute atomic E-state index is 13.0. The van der Waals surface area contributed by atoms with Gasteiger partial charge in [0.2, 0.25) is 6.79 Å². The van der Waals surface area contributed by atoms with Gasteiger partial charge in [-0.05, 0) is 45.4 Å². The number of nitrogens with zero attached hydrogens (tertiary/aromatic N) is 2. The molecule has 5 aliphatic heterocycles. The monoisotopic (exact) mass is 611 g/mol. The number of thioether (sulfide) groups is 1. The van der Waals surface area contributed by atoms with E-state index in [0.717, 1.165) is 34.2 Å². The van der Waals surface area contributed by atoms with Crippen molar-refractivity contribution >= 4 is 23.7 Å². The molecule has 5 heterocycles. The lowest BCUT2D eigenvalue weighted by atomic mass is 9.71. The number of carbonyl (C=O) groups excluding carboxylic acids is 2. The molecule has 2 aromatic carbocycles. The van der Waals surface area contributed by atoms with Gasteiger partial charge in [-0.2, -0.15) is 0 Å². The number of phenols is 1. The van der Waals surface area contributed by atoms with Crippen LogP contribution < -0.4 is 24.7 Å². The number of aromatic hydroxyl groups is 1. The Kier molecular flexibility index (Phi) is 6.77. The van der Waals surface area contributed by atoms with Crippen molar-refractivity contribution in [2.45, 2.75) is 75.6 Å². The summed E-state index contributed by atoms with van der Waals surface area (Å²) in [6.07, 6.45) is 0.734. The number of carbonyl (C=O) groups is 2. The number of hydrogen-bond donors (Lipinski definition) is 2. The van der Waals surface area contributed by atoms with Gasteiger partial charge in [-0.1, -0.05) is 6.07 Å². The second-order valence-corrected chi connectivity index (χ2v) is 13.3. The van der Waals surface area contributed by atoms with E-state index in [2.05, 4.69) is 29.8 Å². The van der Waals surface area contributed by atoms with Crippen molar-refractivity contribution in [2.75, 3.05) is 33.3 Å². The zero-order chi connectivity index (χ0) is 30.5. The molecular formula is C31H37N3O8S. The molecule has 0 aromatic heterocycles. The highest BCUT2D eigenvalue weighted by Gasteiger charge is 2.59. The molecule has 3 N–H and O–H groups in total. The number of methoxy groups -OCH3 is 1. The van der Waals surface area contributed by atoms with Crippen LogP contribution in [-0.4, -0.2) is 84.3 Å². The summed E-state index contributed by atoms with van der Waals surface area (Å²) in [5.41, 5.74) is 11.5. The Balaban J connectivity index is 1.54. The Bertz CT molecular complexity index is 1550. The standard InChI is InChI=1S/C31H37N3O8S/c1-12-7-16-8-18-14(3)34-19-9-39-31(37)17(32)10-43-30(24(34)23(33(18)5)20(16)25(36)26(12)38-6)22-21(19)29-28(40-11-41-29)13(2)27(22)42-15(4)35/h7,14,17-19,23-24,30,36H,8-11,32H2,1-6H3/t14-,17?,18+,19-,23-,24?,30+/m0/s1. The van der Waals surface area contributed by atoms with Gasteiger partial charge < -0.3 is 34.5 Å². The fourth-order valence-electron chi connectivity index (χ4n) is 8.18. The van der Waals surface area contributed by atoms with Crippen LogP contribution in [-0.2, 0) is 20.7 Å². The average molecular weight is 612 g/mol. The van der Waals surface area contributed by atoms with E-state index in [4.69, 9.17) is 29.4 Å². The topological polar surface area (TPSA) is 133 Å². The molecule has 2 fully saturated rings. The maximum atomic E-state index is 13.0. The summed E-state index contributed by atoms with van der Waals surface area (Å²) in [6.45, 7) is 7.49. The number of aryl methyl sites for hydroxylation is 1. The summed E-state index contributed by atoms with van der Waals surface area (Å²) in [7, 11) is 3.68. The summed E-state index contributed by atoms with van der Waals surface area (Å²) in [4.78, 5) is 30.3. The van der Waals surface area contributed by atoms with E-state index in [9.17, 15) is 14.7 Å². The molecule has 2 unspecified atom stereocenters. The van der Waals surface area contributed by atoms with Gasteiger partial charge in [-0.15, -0.1) is 11.8 Å². The van der Waals surface area contributed by atoms with Gasteiger partial charge in [0.1, 0.15) is 18.4 Å². The van der Waals surface area contributed by atoms with Crippen LogP contribution in [0.2, 0.25) is 0 Å². The second kappa shape index (κ2) is 10.2. The number of fused-ring (bicyclic) bond motifs is 9. The number of ether oxygens (including phenoxy) is 5. The Morgan fingerprint density at radius 1 is 1.14 bits per heavy atom. The summed E-state index contributed by atoms with van der Waals surface area (Å²) in [5.74, 6) is 1.56. The van der Waals surface area contributed by atoms with Gasteiger partial charge in [0, 0.05) is 53.1 Å². The van der Waals surface area contributed by atoms with Gasteiger partial charge in [0.25, 0.3) is 0 Å².